The number of halogens is 1. The van der Waals surface area contributed by atoms with E-state index in [1.165, 1.54) is 24.3 Å². The van der Waals surface area contributed by atoms with E-state index in [0.29, 0.717) is 12.1 Å². The molecule has 18 heavy (non-hydrogen) atoms. The van der Waals surface area contributed by atoms with Gasteiger partial charge in [0.2, 0.25) is 5.91 Å². The summed E-state index contributed by atoms with van der Waals surface area (Å²) in [7, 11) is 1.69. The Morgan fingerprint density at radius 2 is 1.83 bits per heavy atom. The number of ketones is 1. The molecule has 1 rings (SSSR count). The maximum absolute atomic E-state index is 12.7. The topological polar surface area (TPSA) is 49.4 Å². The van der Waals surface area contributed by atoms with Gasteiger partial charge in [-0.25, -0.2) is 4.39 Å². The van der Waals surface area contributed by atoms with Crippen molar-refractivity contribution in [2.24, 2.45) is 0 Å². The number of carbonyl (C=O) groups excluding carboxylic acids is 2. The first-order chi connectivity index (χ1) is 8.52. The first-order valence-electron chi connectivity index (χ1n) is 5.77. The second-order valence-electron chi connectivity index (χ2n) is 4.06. The van der Waals surface area contributed by atoms with Gasteiger partial charge >= 0.3 is 0 Å². The summed E-state index contributed by atoms with van der Waals surface area (Å²) < 4.78 is 12.7. The van der Waals surface area contributed by atoms with Crippen LogP contribution in [-0.2, 0) is 4.79 Å². The Balaban J connectivity index is 2.49. The number of nitrogens with one attached hydrogen (secondary N) is 1. The first-order valence-corrected chi connectivity index (χ1v) is 5.77. The minimum atomic E-state index is -0.373. The number of hydrogen-bond donors (Lipinski definition) is 1. The van der Waals surface area contributed by atoms with Crippen LogP contribution in [0.2, 0.25) is 0 Å². The van der Waals surface area contributed by atoms with Gasteiger partial charge in [0.25, 0.3) is 0 Å². The van der Waals surface area contributed by atoms with Crippen LogP contribution in [0, 0.1) is 5.82 Å². The summed E-state index contributed by atoms with van der Waals surface area (Å²) in [5.41, 5.74) is 0.444. The van der Waals surface area contributed by atoms with E-state index in [9.17, 15) is 14.0 Å². The Morgan fingerprint density at radius 1 is 1.22 bits per heavy atom. The summed E-state index contributed by atoms with van der Waals surface area (Å²) in [5, 5.41) is 2.66. The van der Waals surface area contributed by atoms with Crippen LogP contribution < -0.4 is 5.32 Å². The molecule has 0 aliphatic carbocycles. The summed E-state index contributed by atoms with van der Waals surface area (Å²) in [6, 6.07) is 5.38. The quantitative estimate of drug-likeness (QED) is 0.771. The van der Waals surface area contributed by atoms with E-state index in [4.69, 9.17) is 0 Å². The van der Waals surface area contributed by atoms with Crippen LogP contribution in [0.4, 0.5) is 4.39 Å². The van der Waals surface area contributed by atoms with Crippen LogP contribution in [0.3, 0.4) is 0 Å². The zero-order chi connectivity index (χ0) is 13.5. The molecule has 0 atom stereocenters. The van der Waals surface area contributed by atoms with Crippen molar-refractivity contribution in [2.45, 2.75) is 6.92 Å². The number of likely N-dealkylation sites (N-methyl/N-ethyl adjacent to an activating group) is 2. The highest BCUT2D eigenvalue weighted by Crippen LogP contribution is 2.04. The molecule has 0 aliphatic heterocycles. The molecule has 1 N–H and O–H groups in total. The number of carbonyl (C=O) groups is 2. The fraction of sp³-hybridized carbons (Fsp3) is 0.385. The van der Waals surface area contributed by atoms with Crippen LogP contribution in [0.25, 0.3) is 0 Å². The van der Waals surface area contributed by atoms with Gasteiger partial charge in [-0.1, -0.05) is 0 Å². The van der Waals surface area contributed by atoms with Crippen LogP contribution in [0.5, 0.6) is 0 Å². The SMILES string of the molecule is CCNC(=O)CN(C)CC(=O)c1ccc(F)cc1. The lowest BCUT2D eigenvalue weighted by Gasteiger charge is -2.14. The molecule has 0 saturated heterocycles. The number of Topliss-reactive ketones (excluding diaryl/α,β-unsaturated/α-hetero) is 1. The van der Waals surface area contributed by atoms with Gasteiger partial charge in [-0.2, -0.15) is 0 Å². The predicted octanol–water partition coefficient (Wildman–Crippen LogP) is 1.08. The summed E-state index contributed by atoms with van der Waals surface area (Å²) in [4.78, 5) is 24.7. The third-order valence-corrected chi connectivity index (χ3v) is 2.37. The van der Waals surface area contributed by atoms with Crippen molar-refractivity contribution in [1.29, 1.82) is 0 Å². The van der Waals surface area contributed by atoms with Gasteiger partial charge < -0.3 is 5.32 Å². The molecule has 5 heteroatoms. The Labute approximate surface area is 106 Å². The second-order valence-corrected chi connectivity index (χ2v) is 4.06. The van der Waals surface area contributed by atoms with Crippen LogP contribution in [-0.4, -0.2) is 43.3 Å². The molecule has 98 valence electrons. The molecule has 0 aromatic heterocycles. The van der Waals surface area contributed by atoms with Crippen molar-refractivity contribution in [1.82, 2.24) is 10.2 Å². The molecular formula is C13H17FN2O2. The lowest BCUT2D eigenvalue weighted by molar-refractivity contribution is -0.121. The van der Waals surface area contributed by atoms with Gasteiger partial charge in [-0.3, -0.25) is 14.5 Å². The van der Waals surface area contributed by atoms with Gasteiger partial charge in [-0.15, -0.1) is 0 Å². The van der Waals surface area contributed by atoms with Crippen LogP contribution >= 0.6 is 0 Å². The lowest BCUT2D eigenvalue weighted by atomic mass is 10.1. The molecule has 0 spiro atoms. The van der Waals surface area contributed by atoms with Gasteiger partial charge in [-0.05, 0) is 38.2 Å². The third-order valence-electron chi connectivity index (χ3n) is 2.37. The minimum absolute atomic E-state index is 0.119. The van der Waals surface area contributed by atoms with Crippen molar-refractivity contribution in [3.63, 3.8) is 0 Å². The predicted molar refractivity (Wildman–Crippen MR) is 66.9 cm³/mol. The average Bonchev–Trinajstić information content (AvgIpc) is 2.29. The van der Waals surface area contributed by atoms with Gasteiger partial charge in [0, 0.05) is 12.1 Å². The normalized spacial score (nSPS) is 10.4. The van der Waals surface area contributed by atoms with E-state index >= 15 is 0 Å². The van der Waals surface area contributed by atoms with E-state index < -0.39 is 0 Å². The summed E-state index contributed by atoms with van der Waals surface area (Å²) >= 11 is 0. The standard InChI is InChI=1S/C13H17FN2O2/c1-3-15-13(18)9-16(2)8-12(17)10-4-6-11(14)7-5-10/h4-7H,3,8-9H2,1-2H3,(H,15,18). The van der Waals surface area contributed by atoms with Crippen molar-refractivity contribution < 1.29 is 14.0 Å². The molecule has 1 amide bonds. The second kappa shape index (κ2) is 6.86. The van der Waals surface area contributed by atoms with E-state index in [2.05, 4.69) is 5.32 Å². The number of rotatable bonds is 6. The van der Waals surface area contributed by atoms with Crippen molar-refractivity contribution in [3.05, 3.63) is 35.6 Å². The highest BCUT2D eigenvalue weighted by molar-refractivity contribution is 5.97. The Morgan fingerprint density at radius 3 is 2.39 bits per heavy atom. The monoisotopic (exact) mass is 252 g/mol. The molecule has 1 aromatic carbocycles. The zero-order valence-electron chi connectivity index (χ0n) is 10.6. The van der Waals surface area contributed by atoms with Crippen LogP contribution in [0.1, 0.15) is 17.3 Å². The van der Waals surface area contributed by atoms with Crippen molar-refractivity contribution in [3.8, 4) is 0 Å². The van der Waals surface area contributed by atoms with E-state index in [-0.39, 0.29) is 30.6 Å². The first kappa shape index (κ1) is 14.3. The average molecular weight is 252 g/mol. The molecule has 1 aromatic rings. The highest BCUT2D eigenvalue weighted by atomic mass is 19.1. The molecule has 0 unspecified atom stereocenters. The molecule has 0 bridgehead atoms. The molecule has 0 fully saturated rings. The Hall–Kier alpha value is -1.75. The number of nitrogens with zero attached hydrogens (tertiary/aromatic N) is 1. The summed E-state index contributed by atoms with van der Waals surface area (Å²) in [6.45, 7) is 2.70. The molecule has 0 heterocycles. The molecular weight excluding hydrogens is 235 g/mol. The molecule has 0 radical (unpaired) electrons. The summed E-state index contributed by atoms with van der Waals surface area (Å²) in [5.74, 6) is -0.629. The van der Waals surface area contributed by atoms with Gasteiger partial charge in [0.05, 0.1) is 13.1 Å². The minimum Gasteiger partial charge on any atom is -0.355 e. The smallest absolute Gasteiger partial charge is 0.234 e. The van der Waals surface area contributed by atoms with E-state index in [1.54, 1.807) is 11.9 Å². The fourth-order valence-electron chi connectivity index (χ4n) is 1.53. The van der Waals surface area contributed by atoms with Gasteiger partial charge in [0.15, 0.2) is 5.78 Å². The third kappa shape index (κ3) is 4.63. The number of hydrogen-bond acceptors (Lipinski definition) is 3. The number of benzene rings is 1. The fourth-order valence-corrected chi connectivity index (χ4v) is 1.53. The maximum Gasteiger partial charge on any atom is 0.234 e. The van der Waals surface area contributed by atoms with Crippen LogP contribution in [0.15, 0.2) is 24.3 Å². The largest absolute Gasteiger partial charge is 0.355 e. The van der Waals surface area contributed by atoms with Crippen molar-refractivity contribution in [2.75, 3.05) is 26.7 Å². The summed E-state index contributed by atoms with van der Waals surface area (Å²) in [6.07, 6.45) is 0. The molecule has 4 nitrogen and oxygen atoms in total. The zero-order valence-corrected chi connectivity index (χ0v) is 10.6. The number of amides is 1. The van der Waals surface area contributed by atoms with E-state index in [0.717, 1.165) is 0 Å². The Bertz CT molecular complexity index is 418. The Kier molecular flexibility index (Phi) is 5.45. The van der Waals surface area contributed by atoms with Gasteiger partial charge in [0.1, 0.15) is 5.82 Å². The van der Waals surface area contributed by atoms with Crippen molar-refractivity contribution >= 4 is 11.7 Å². The van der Waals surface area contributed by atoms with E-state index in [1.807, 2.05) is 6.92 Å². The molecule has 0 saturated carbocycles. The maximum atomic E-state index is 12.7. The lowest BCUT2D eigenvalue weighted by Crippen LogP contribution is -2.37. The molecule has 0 aliphatic rings. The highest BCUT2D eigenvalue weighted by Gasteiger charge is 2.11.